The van der Waals surface area contributed by atoms with Crippen LogP contribution in [-0.2, 0) is 13.0 Å². The van der Waals surface area contributed by atoms with Crippen LogP contribution in [0.15, 0.2) is 12.1 Å². The third-order valence-corrected chi connectivity index (χ3v) is 4.28. The molecule has 0 spiro atoms. The summed E-state index contributed by atoms with van der Waals surface area (Å²) in [6.45, 7) is 1.71. The third-order valence-electron chi connectivity index (χ3n) is 3.15. The molecule has 1 aromatic carbocycles. The van der Waals surface area contributed by atoms with Crippen molar-refractivity contribution in [2.45, 2.75) is 13.0 Å². The first-order valence-corrected chi connectivity index (χ1v) is 6.68. The molecular weight excluding hydrogens is 273 g/mol. The van der Waals surface area contributed by atoms with Crippen molar-refractivity contribution < 1.29 is 13.2 Å². The lowest BCUT2D eigenvalue weighted by atomic mass is 10.2. The van der Waals surface area contributed by atoms with Crippen LogP contribution >= 0.6 is 11.3 Å². The van der Waals surface area contributed by atoms with Crippen LogP contribution in [0.2, 0.25) is 0 Å². The summed E-state index contributed by atoms with van der Waals surface area (Å²) in [4.78, 5) is 7.67. The molecule has 3 rings (SSSR count). The highest BCUT2D eigenvalue weighted by molar-refractivity contribution is 7.15. The van der Waals surface area contributed by atoms with E-state index in [1.165, 1.54) is 11.3 Å². The van der Waals surface area contributed by atoms with Gasteiger partial charge in [0.25, 0.3) is 0 Å². The Bertz CT molecular complexity index is 616. The van der Waals surface area contributed by atoms with Gasteiger partial charge in [-0.2, -0.15) is 0 Å². The number of hydrogen-bond acceptors (Lipinski definition) is 3. The van der Waals surface area contributed by atoms with Gasteiger partial charge in [-0.25, -0.2) is 18.2 Å². The summed E-state index contributed by atoms with van der Waals surface area (Å²) in [5, 5.41) is 0.540. The summed E-state index contributed by atoms with van der Waals surface area (Å²) in [5.74, 6) is -3.80. The maximum Gasteiger partial charge on any atom is 0.194 e. The quantitative estimate of drug-likeness (QED) is 0.748. The zero-order valence-corrected chi connectivity index (χ0v) is 11.0. The molecule has 0 radical (unpaired) electrons. The Hall–Kier alpha value is -1.40. The highest BCUT2D eigenvalue weighted by atomic mass is 32.1. The molecule has 1 aromatic heterocycles. The number of hydrogen-bond donors (Lipinski definition) is 0. The van der Waals surface area contributed by atoms with Crippen molar-refractivity contribution >= 4 is 11.3 Å². The molecule has 2 nitrogen and oxygen atoms in total. The van der Waals surface area contributed by atoms with E-state index < -0.39 is 17.5 Å². The van der Waals surface area contributed by atoms with Crippen LogP contribution in [0.4, 0.5) is 13.2 Å². The summed E-state index contributed by atoms with van der Waals surface area (Å²) in [5.41, 5.74) is 1.27. The SMILES string of the molecule is CN1CCc2nc(-c3cc(F)c(F)c(F)c3)sc2C1. The molecule has 100 valence electrons. The van der Waals surface area contributed by atoms with Gasteiger partial charge in [0.1, 0.15) is 5.01 Å². The van der Waals surface area contributed by atoms with Gasteiger partial charge >= 0.3 is 0 Å². The first kappa shape index (κ1) is 12.6. The van der Waals surface area contributed by atoms with Gasteiger partial charge in [0.05, 0.1) is 5.69 Å². The fourth-order valence-electron chi connectivity index (χ4n) is 2.13. The van der Waals surface area contributed by atoms with Gasteiger partial charge < -0.3 is 4.90 Å². The second-order valence-electron chi connectivity index (χ2n) is 4.63. The molecule has 1 aliphatic heterocycles. The molecule has 1 aliphatic rings. The molecule has 0 amide bonds. The summed E-state index contributed by atoms with van der Waals surface area (Å²) in [6, 6.07) is 1.98. The van der Waals surface area contributed by atoms with E-state index >= 15 is 0 Å². The predicted molar refractivity (Wildman–Crippen MR) is 67.5 cm³/mol. The van der Waals surface area contributed by atoms with E-state index in [1.54, 1.807) is 0 Å². The van der Waals surface area contributed by atoms with Gasteiger partial charge in [-0.05, 0) is 19.2 Å². The lowest BCUT2D eigenvalue weighted by molar-refractivity contribution is 0.314. The largest absolute Gasteiger partial charge is 0.301 e. The summed E-state index contributed by atoms with van der Waals surface area (Å²) < 4.78 is 39.4. The molecular formula is C13H11F3N2S. The highest BCUT2D eigenvalue weighted by Gasteiger charge is 2.20. The van der Waals surface area contributed by atoms with E-state index in [1.807, 2.05) is 7.05 Å². The van der Waals surface area contributed by atoms with Crippen molar-refractivity contribution in [3.63, 3.8) is 0 Å². The minimum atomic E-state index is -1.44. The monoisotopic (exact) mass is 284 g/mol. The Morgan fingerprint density at radius 1 is 1.21 bits per heavy atom. The van der Waals surface area contributed by atoms with Gasteiger partial charge in [-0.15, -0.1) is 11.3 Å². The first-order valence-electron chi connectivity index (χ1n) is 5.86. The van der Waals surface area contributed by atoms with Crippen molar-refractivity contribution in [1.82, 2.24) is 9.88 Å². The lowest BCUT2D eigenvalue weighted by Crippen LogP contribution is -2.25. The molecule has 2 heterocycles. The number of aromatic nitrogens is 1. The number of halogens is 3. The van der Waals surface area contributed by atoms with Gasteiger partial charge in [-0.3, -0.25) is 0 Å². The lowest BCUT2D eigenvalue weighted by Gasteiger charge is -2.20. The average Bonchev–Trinajstić information content (AvgIpc) is 2.78. The van der Waals surface area contributed by atoms with E-state index in [-0.39, 0.29) is 0 Å². The fraction of sp³-hybridized carbons (Fsp3) is 0.308. The maximum atomic E-state index is 13.2. The van der Waals surface area contributed by atoms with Crippen molar-refractivity contribution in [2.75, 3.05) is 13.6 Å². The van der Waals surface area contributed by atoms with E-state index in [2.05, 4.69) is 9.88 Å². The Balaban J connectivity index is 2.03. The zero-order chi connectivity index (χ0) is 13.6. The molecule has 0 bridgehead atoms. The van der Waals surface area contributed by atoms with Crippen LogP contribution in [0.5, 0.6) is 0 Å². The van der Waals surface area contributed by atoms with Gasteiger partial charge in [0.2, 0.25) is 0 Å². The fourth-order valence-corrected chi connectivity index (χ4v) is 3.30. The maximum absolute atomic E-state index is 13.2. The normalized spacial score (nSPS) is 15.6. The predicted octanol–water partition coefficient (Wildman–Crippen LogP) is 3.22. The smallest absolute Gasteiger partial charge is 0.194 e. The van der Waals surface area contributed by atoms with E-state index in [9.17, 15) is 13.2 Å². The molecule has 0 unspecified atom stereocenters. The molecule has 6 heteroatoms. The molecule has 0 saturated heterocycles. The Kier molecular flexibility index (Phi) is 3.06. The van der Waals surface area contributed by atoms with Crippen LogP contribution in [0.25, 0.3) is 10.6 Å². The number of benzene rings is 1. The third kappa shape index (κ3) is 2.26. The average molecular weight is 284 g/mol. The van der Waals surface area contributed by atoms with E-state index in [4.69, 9.17) is 0 Å². The molecule has 0 N–H and O–H groups in total. The van der Waals surface area contributed by atoms with Gasteiger partial charge in [0, 0.05) is 30.0 Å². The number of thiazole rings is 1. The van der Waals surface area contributed by atoms with Crippen molar-refractivity contribution in [2.24, 2.45) is 0 Å². The zero-order valence-electron chi connectivity index (χ0n) is 10.2. The number of nitrogens with zero attached hydrogens (tertiary/aromatic N) is 2. The second kappa shape index (κ2) is 4.61. The topological polar surface area (TPSA) is 16.1 Å². The summed E-state index contributed by atoms with van der Waals surface area (Å²) >= 11 is 1.41. The molecule has 19 heavy (non-hydrogen) atoms. The Morgan fingerprint density at radius 2 is 1.89 bits per heavy atom. The van der Waals surface area contributed by atoms with E-state index in [0.29, 0.717) is 10.6 Å². The minimum Gasteiger partial charge on any atom is -0.301 e. The first-order chi connectivity index (χ1) is 9.04. The number of likely N-dealkylation sites (N-methyl/N-ethyl adjacent to an activating group) is 1. The Morgan fingerprint density at radius 3 is 2.58 bits per heavy atom. The minimum absolute atomic E-state index is 0.290. The van der Waals surface area contributed by atoms with Crippen LogP contribution in [0.3, 0.4) is 0 Å². The van der Waals surface area contributed by atoms with Crippen molar-refractivity contribution in [3.05, 3.63) is 40.2 Å². The highest BCUT2D eigenvalue weighted by Crippen LogP contribution is 2.32. The van der Waals surface area contributed by atoms with Crippen LogP contribution < -0.4 is 0 Å². The van der Waals surface area contributed by atoms with Crippen LogP contribution in [0, 0.1) is 17.5 Å². The summed E-state index contributed by atoms with van der Waals surface area (Å²) in [6.07, 6.45) is 0.828. The van der Waals surface area contributed by atoms with E-state index in [0.717, 1.165) is 42.2 Å². The number of rotatable bonds is 1. The number of fused-ring (bicyclic) bond motifs is 1. The summed E-state index contributed by atoms with van der Waals surface area (Å²) in [7, 11) is 2.01. The van der Waals surface area contributed by atoms with Gasteiger partial charge in [-0.1, -0.05) is 0 Å². The van der Waals surface area contributed by atoms with Crippen LogP contribution in [-0.4, -0.2) is 23.5 Å². The van der Waals surface area contributed by atoms with Crippen LogP contribution in [0.1, 0.15) is 10.6 Å². The Labute approximate surface area is 112 Å². The van der Waals surface area contributed by atoms with Gasteiger partial charge in [0.15, 0.2) is 17.5 Å². The standard InChI is InChI=1S/C13H11F3N2S/c1-18-3-2-10-11(6-18)19-13(17-10)7-4-8(14)12(16)9(15)5-7/h4-5H,2-3,6H2,1H3. The molecule has 2 aromatic rings. The molecule has 0 atom stereocenters. The molecule has 0 saturated carbocycles. The van der Waals surface area contributed by atoms with Crippen molar-refractivity contribution in [3.8, 4) is 10.6 Å². The molecule has 0 aliphatic carbocycles. The molecule has 0 fully saturated rings. The second-order valence-corrected chi connectivity index (χ2v) is 5.71. The van der Waals surface area contributed by atoms with Crippen molar-refractivity contribution in [1.29, 1.82) is 0 Å².